The van der Waals surface area contributed by atoms with Gasteiger partial charge < -0.3 is 4.74 Å². The van der Waals surface area contributed by atoms with Crippen LogP contribution in [0.15, 0.2) is 24.3 Å². The Bertz CT molecular complexity index is 458. The molecule has 1 saturated heterocycles. The van der Waals surface area contributed by atoms with Gasteiger partial charge in [0.1, 0.15) is 0 Å². The number of hydrogen-bond donors (Lipinski definition) is 0. The summed E-state index contributed by atoms with van der Waals surface area (Å²) in [4.78, 5) is 2.51. The summed E-state index contributed by atoms with van der Waals surface area (Å²) in [5.74, 6) is 2.32. The van der Waals surface area contributed by atoms with Gasteiger partial charge in [0.25, 0.3) is 0 Å². The molecule has 1 aromatic carbocycles. The minimum absolute atomic E-state index is 0.393. The van der Waals surface area contributed by atoms with E-state index < -0.39 is 0 Å². The summed E-state index contributed by atoms with van der Waals surface area (Å²) < 4.78 is 5.39. The lowest BCUT2D eigenvalue weighted by Gasteiger charge is -2.26. The second kappa shape index (κ2) is 9.97. The molecule has 0 spiro atoms. The lowest BCUT2D eigenvalue weighted by Crippen LogP contribution is -2.37. The number of ether oxygens (including phenoxy) is 1. The van der Waals surface area contributed by atoms with Crippen molar-refractivity contribution < 1.29 is 4.74 Å². The quantitative estimate of drug-likeness (QED) is 0.463. The summed E-state index contributed by atoms with van der Waals surface area (Å²) in [5, 5.41) is 0. The third kappa shape index (κ3) is 7.08. The van der Waals surface area contributed by atoms with Gasteiger partial charge in [-0.1, -0.05) is 73.0 Å². The van der Waals surface area contributed by atoms with Crippen molar-refractivity contribution in [2.45, 2.75) is 39.4 Å². The van der Waals surface area contributed by atoms with Crippen molar-refractivity contribution in [3.8, 4) is 0 Å². The van der Waals surface area contributed by atoms with Gasteiger partial charge in [-0.2, -0.15) is 0 Å². The number of rotatable bonds is 9. The molecule has 0 unspecified atom stereocenters. The van der Waals surface area contributed by atoms with Crippen LogP contribution in [0, 0.1) is 5.41 Å². The minimum Gasteiger partial charge on any atom is -0.379 e. The first-order valence-corrected chi connectivity index (χ1v) is 11.2. The van der Waals surface area contributed by atoms with Gasteiger partial charge in [0.2, 0.25) is 0 Å². The van der Waals surface area contributed by atoms with Gasteiger partial charge in [-0.15, -0.1) is 0 Å². The Labute approximate surface area is 150 Å². The molecule has 23 heavy (non-hydrogen) atoms. The molecule has 0 atom stereocenters. The molecule has 1 heterocycles. The highest BCUT2D eigenvalue weighted by Crippen LogP contribution is 2.31. The molecule has 0 saturated carbocycles. The second-order valence-electron chi connectivity index (χ2n) is 7.00. The first kappa shape index (κ1) is 19.2. The number of benzene rings is 1. The molecule has 0 aliphatic carbocycles. The maximum absolute atomic E-state index is 5.39. The molecule has 2 rings (SSSR count). The zero-order valence-electron chi connectivity index (χ0n) is 14.8. The highest BCUT2D eigenvalue weighted by atomic mass is 33.1. The average molecular weight is 354 g/mol. The van der Waals surface area contributed by atoms with E-state index in [1.807, 2.05) is 21.6 Å². The van der Waals surface area contributed by atoms with Crippen LogP contribution >= 0.6 is 21.6 Å². The topological polar surface area (TPSA) is 12.5 Å². The second-order valence-corrected chi connectivity index (χ2v) is 9.58. The zero-order chi connectivity index (χ0) is 16.5. The maximum atomic E-state index is 5.39. The largest absolute Gasteiger partial charge is 0.379 e. The molecule has 1 aliphatic rings. The lowest BCUT2D eigenvalue weighted by molar-refractivity contribution is 0.0410. The predicted octanol–water partition coefficient (Wildman–Crippen LogP) is 4.88. The van der Waals surface area contributed by atoms with Gasteiger partial charge in [0.05, 0.1) is 13.2 Å². The number of nitrogens with zero attached hydrogens (tertiary/aromatic N) is 1. The highest BCUT2D eigenvalue weighted by molar-refractivity contribution is 8.76. The molecule has 0 amide bonds. The van der Waals surface area contributed by atoms with Crippen molar-refractivity contribution in [1.29, 1.82) is 0 Å². The van der Waals surface area contributed by atoms with Crippen LogP contribution in [-0.2, 0) is 16.9 Å². The molecule has 2 nitrogen and oxygen atoms in total. The standard InChI is InChI=1S/C19H31NOS2/c1-4-19(2,3)15-17-7-5-6-8-18(17)16-23-22-14-11-20-9-12-21-13-10-20/h5-8H,4,9-16H2,1-3H3. The van der Waals surface area contributed by atoms with Crippen LogP contribution in [0.3, 0.4) is 0 Å². The Balaban J connectivity index is 1.72. The molecule has 0 aromatic heterocycles. The van der Waals surface area contributed by atoms with E-state index in [9.17, 15) is 0 Å². The predicted molar refractivity (Wildman–Crippen MR) is 105 cm³/mol. The van der Waals surface area contributed by atoms with E-state index in [2.05, 4.69) is 49.9 Å². The van der Waals surface area contributed by atoms with Crippen LogP contribution in [0.25, 0.3) is 0 Å². The summed E-state index contributed by atoms with van der Waals surface area (Å²) in [5.41, 5.74) is 3.43. The number of morpholine rings is 1. The third-order valence-corrected chi connectivity index (χ3v) is 6.94. The molecule has 1 aliphatic heterocycles. The Morgan fingerprint density at radius 2 is 1.78 bits per heavy atom. The zero-order valence-corrected chi connectivity index (χ0v) is 16.5. The van der Waals surface area contributed by atoms with Gasteiger partial charge in [-0.05, 0) is 23.0 Å². The van der Waals surface area contributed by atoms with E-state index in [0.717, 1.165) is 32.1 Å². The van der Waals surface area contributed by atoms with E-state index in [0.29, 0.717) is 5.41 Å². The van der Waals surface area contributed by atoms with Crippen molar-refractivity contribution in [2.24, 2.45) is 5.41 Å². The van der Waals surface area contributed by atoms with Crippen LogP contribution in [-0.4, -0.2) is 43.5 Å². The van der Waals surface area contributed by atoms with E-state index in [1.165, 1.54) is 36.3 Å². The molecule has 0 radical (unpaired) electrons. The van der Waals surface area contributed by atoms with Gasteiger partial charge in [-0.25, -0.2) is 0 Å². The summed E-state index contributed by atoms with van der Waals surface area (Å²) >= 11 is 0. The Kier molecular flexibility index (Phi) is 8.31. The van der Waals surface area contributed by atoms with E-state index in [4.69, 9.17) is 4.74 Å². The van der Waals surface area contributed by atoms with Crippen LogP contribution in [0.5, 0.6) is 0 Å². The number of hydrogen-bond acceptors (Lipinski definition) is 4. The molecule has 4 heteroatoms. The van der Waals surface area contributed by atoms with Crippen LogP contribution in [0.2, 0.25) is 0 Å². The molecular formula is C19H31NOS2. The van der Waals surface area contributed by atoms with E-state index in [-0.39, 0.29) is 0 Å². The lowest BCUT2D eigenvalue weighted by atomic mass is 9.82. The molecule has 0 N–H and O–H groups in total. The van der Waals surface area contributed by atoms with Gasteiger partial charge in [-0.3, -0.25) is 4.90 Å². The Hall–Kier alpha value is -0.160. The summed E-state index contributed by atoms with van der Waals surface area (Å²) in [6.45, 7) is 12.2. The van der Waals surface area contributed by atoms with Crippen LogP contribution in [0.1, 0.15) is 38.3 Å². The Morgan fingerprint density at radius 3 is 2.48 bits per heavy atom. The first-order chi connectivity index (χ1) is 11.1. The summed E-state index contributed by atoms with van der Waals surface area (Å²) in [6.07, 6.45) is 2.40. The third-order valence-electron chi connectivity index (χ3n) is 4.64. The smallest absolute Gasteiger partial charge is 0.0594 e. The molecule has 1 fully saturated rings. The van der Waals surface area contributed by atoms with Crippen molar-refractivity contribution >= 4 is 21.6 Å². The maximum Gasteiger partial charge on any atom is 0.0594 e. The monoisotopic (exact) mass is 353 g/mol. The highest BCUT2D eigenvalue weighted by Gasteiger charge is 2.17. The fourth-order valence-electron chi connectivity index (χ4n) is 2.67. The fourth-order valence-corrected chi connectivity index (χ4v) is 4.82. The van der Waals surface area contributed by atoms with Crippen molar-refractivity contribution in [2.75, 3.05) is 38.6 Å². The van der Waals surface area contributed by atoms with Crippen molar-refractivity contribution in [1.82, 2.24) is 4.90 Å². The molecule has 1 aromatic rings. The Morgan fingerprint density at radius 1 is 1.09 bits per heavy atom. The minimum atomic E-state index is 0.393. The van der Waals surface area contributed by atoms with Gasteiger partial charge >= 0.3 is 0 Å². The van der Waals surface area contributed by atoms with Crippen LogP contribution in [0.4, 0.5) is 0 Å². The molecule has 130 valence electrons. The van der Waals surface area contributed by atoms with Gasteiger partial charge in [0.15, 0.2) is 0 Å². The van der Waals surface area contributed by atoms with E-state index in [1.54, 1.807) is 0 Å². The SMILES string of the molecule is CCC(C)(C)Cc1ccccc1CSSCCN1CCOCC1. The van der Waals surface area contributed by atoms with Gasteiger partial charge in [0, 0.05) is 31.1 Å². The fraction of sp³-hybridized carbons (Fsp3) is 0.684. The average Bonchev–Trinajstić information content (AvgIpc) is 2.57. The summed E-state index contributed by atoms with van der Waals surface area (Å²) in [7, 11) is 4.01. The normalized spacial score (nSPS) is 16.7. The molecular weight excluding hydrogens is 322 g/mol. The van der Waals surface area contributed by atoms with Crippen molar-refractivity contribution in [3.05, 3.63) is 35.4 Å². The van der Waals surface area contributed by atoms with E-state index >= 15 is 0 Å². The first-order valence-electron chi connectivity index (χ1n) is 8.72. The summed E-state index contributed by atoms with van der Waals surface area (Å²) in [6, 6.07) is 8.97. The van der Waals surface area contributed by atoms with Crippen molar-refractivity contribution in [3.63, 3.8) is 0 Å². The van der Waals surface area contributed by atoms with Crippen LogP contribution < -0.4 is 0 Å². The molecule has 0 bridgehead atoms.